The molecule has 0 radical (unpaired) electrons. The Hall–Kier alpha value is -1.51. The van der Waals surface area contributed by atoms with Gasteiger partial charge in [-0.05, 0) is 19.4 Å². The smallest absolute Gasteiger partial charge is 0.188 e. The van der Waals surface area contributed by atoms with Crippen LogP contribution in [0.1, 0.15) is 19.4 Å². The van der Waals surface area contributed by atoms with E-state index in [1.54, 1.807) is 0 Å². The molecule has 3 heteroatoms. The van der Waals surface area contributed by atoms with Gasteiger partial charge in [0.05, 0.1) is 0 Å². The summed E-state index contributed by atoms with van der Waals surface area (Å²) >= 11 is 0. The summed E-state index contributed by atoms with van der Waals surface area (Å²) in [7, 11) is 0. The molecule has 14 heavy (non-hydrogen) atoms. The maximum Gasteiger partial charge on any atom is 0.188 e. The van der Waals surface area contributed by atoms with Crippen LogP contribution in [0.25, 0.3) is 0 Å². The van der Waals surface area contributed by atoms with Gasteiger partial charge in [-0.25, -0.2) is 0 Å². The molecular formula is C11H17N3. The number of nitrogens with two attached hydrogens (primary N) is 1. The van der Waals surface area contributed by atoms with Crippen LogP contribution < -0.4 is 5.73 Å². The van der Waals surface area contributed by atoms with Gasteiger partial charge >= 0.3 is 0 Å². The molecule has 0 bridgehead atoms. The Balaban J connectivity index is 2.70. The highest BCUT2D eigenvalue weighted by Gasteiger charge is 2.10. The van der Waals surface area contributed by atoms with Crippen LogP contribution in [-0.2, 0) is 6.54 Å². The van der Waals surface area contributed by atoms with Crippen LogP contribution in [0, 0.1) is 5.41 Å². The van der Waals surface area contributed by atoms with E-state index in [1.807, 2.05) is 49.1 Å². The first-order valence-corrected chi connectivity index (χ1v) is 4.76. The second kappa shape index (κ2) is 4.65. The maximum absolute atomic E-state index is 7.44. The third-order valence-electron chi connectivity index (χ3n) is 2.13. The normalized spacial score (nSPS) is 10.2. The summed E-state index contributed by atoms with van der Waals surface area (Å²) < 4.78 is 0. The molecule has 0 unspecified atom stereocenters. The summed E-state index contributed by atoms with van der Waals surface area (Å²) in [5.41, 5.74) is 6.67. The molecule has 0 heterocycles. The number of hydrogen-bond donors (Lipinski definition) is 2. The molecule has 3 nitrogen and oxygen atoms in total. The van der Waals surface area contributed by atoms with Crippen molar-refractivity contribution in [1.29, 1.82) is 5.41 Å². The minimum absolute atomic E-state index is 0.129. The van der Waals surface area contributed by atoms with E-state index < -0.39 is 0 Å². The first-order chi connectivity index (χ1) is 6.61. The van der Waals surface area contributed by atoms with Crippen LogP contribution in [0.4, 0.5) is 0 Å². The van der Waals surface area contributed by atoms with Gasteiger partial charge in [0.15, 0.2) is 5.96 Å². The summed E-state index contributed by atoms with van der Waals surface area (Å²) in [6, 6.07) is 10.3. The van der Waals surface area contributed by atoms with Crippen molar-refractivity contribution in [2.75, 3.05) is 0 Å². The molecule has 0 aliphatic heterocycles. The third kappa shape index (κ3) is 2.76. The highest BCUT2D eigenvalue weighted by molar-refractivity contribution is 5.74. The van der Waals surface area contributed by atoms with Crippen molar-refractivity contribution < 1.29 is 0 Å². The molecule has 0 aliphatic carbocycles. The van der Waals surface area contributed by atoms with Crippen molar-refractivity contribution in [1.82, 2.24) is 4.90 Å². The zero-order chi connectivity index (χ0) is 10.6. The highest BCUT2D eigenvalue weighted by atomic mass is 15.2. The Morgan fingerprint density at radius 2 is 1.93 bits per heavy atom. The van der Waals surface area contributed by atoms with E-state index >= 15 is 0 Å². The van der Waals surface area contributed by atoms with Gasteiger partial charge in [0.2, 0.25) is 0 Å². The zero-order valence-corrected chi connectivity index (χ0v) is 8.70. The lowest BCUT2D eigenvalue weighted by Crippen LogP contribution is -2.40. The number of guanidine groups is 1. The third-order valence-corrected chi connectivity index (χ3v) is 2.13. The Morgan fingerprint density at radius 3 is 2.36 bits per heavy atom. The number of hydrogen-bond acceptors (Lipinski definition) is 1. The van der Waals surface area contributed by atoms with Gasteiger partial charge in [0.1, 0.15) is 0 Å². The molecule has 0 saturated carbocycles. The number of nitrogens with zero attached hydrogens (tertiary/aromatic N) is 1. The molecule has 0 atom stereocenters. The molecule has 0 spiro atoms. The van der Waals surface area contributed by atoms with Crippen LogP contribution in [-0.4, -0.2) is 16.9 Å². The van der Waals surface area contributed by atoms with Crippen LogP contribution in [0.15, 0.2) is 30.3 Å². The minimum Gasteiger partial charge on any atom is -0.370 e. The topological polar surface area (TPSA) is 53.1 Å². The van der Waals surface area contributed by atoms with Gasteiger partial charge in [-0.3, -0.25) is 5.41 Å². The Bertz CT molecular complexity index is 293. The second-order valence-corrected chi connectivity index (χ2v) is 3.59. The molecule has 76 valence electrons. The lowest BCUT2D eigenvalue weighted by molar-refractivity contribution is 0.337. The lowest BCUT2D eigenvalue weighted by Gasteiger charge is -2.26. The summed E-state index contributed by atoms with van der Waals surface area (Å²) in [5.74, 6) is 0.129. The van der Waals surface area contributed by atoms with Crippen molar-refractivity contribution in [2.45, 2.75) is 26.4 Å². The molecule has 1 aromatic carbocycles. The van der Waals surface area contributed by atoms with Crippen molar-refractivity contribution in [3.05, 3.63) is 35.9 Å². The Kier molecular flexibility index (Phi) is 3.51. The molecule has 1 aromatic rings. The molecule has 0 fully saturated rings. The largest absolute Gasteiger partial charge is 0.370 e. The standard InChI is InChI=1S/C11H17N3/c1-9(2)14(11(12)13)8-10-6-4-3-5-7-10/h3-7,9H,8H2,1-2H3,(H3,12,13). The van der Waals surface area contributed by atoms with E-state index in [0.29, 0.717) is 6.54 Å². The maximum atomic E-state index is 7.44. The molecule has 0 aliphatic rings. The van der Waals surface area contributed by atoms with Gasteiger partial charge < -0.3 is 10.6 Å². The summed E-state index contributed by atoms with van der Waals surface area (Å²) in [6.07, 6.45) is 0. The van der Waals surface area contributed by atoms with Gasteiger partial charge in [0, 0.05) is 12.6 Å². The van der Waals surface area contributed by atoms with Crippen molar-refractivity contribution >= 4 is 5.96 Å². The van der Waals surface area contributed by atoms with E-state index in [0.717, 1.165) is 0 Å². The lowest BCUT2D eigenvalue weighted by atomic mass is 10.2. The fraction of sp³-hybridized carbons (Fsp3) is 0.364. The van der Waals surface area contributed by atoms with E-state index in [1.165, 1.54) is 5.56 Å². The minimum atomic E-state index is 0.129. The van der Waals surface area contributed by atoms with Crippen LogP contribution in [0.3, 0.4) is 0 Å². The van der Waals surface area contributed by atoms with Gasteiger partial charge in [-0.1, -0.05) is 30.3 Å². The molecule has 0 aromatic heterocycles. The molecule has 0 amide bonds. The number of rotatable bonds is 3. The Morgan fingerprint density at radius 1 is 1.36 bits per heavy atom. The summed E-state index contributed by atoms with van der Waals surface area (Å²) in [6.45, 7) is 4.77. The average molecular weight is 191 g/mol. The fourth-order valence-electron chi connectivity index (χ4n) is 1.33. The summed E-state index contributed by atoms with van der Waals surface area (Å²) in [5, 5.41) is 7.44. The predicted octanol–water partition coefficient (Wildman–Crippen LogP) is 1.79. The second-order valence-electron chi connectivity index (χ2n) is 3.59. The van der Waals surface area contributed by atoms with E-state index in [9.17, 15) is 0 Å². The zero-order valence-electron chi connectivity index (χ0n) is 8.70. The molecule has 0 saturated heterocycles. The predicted molar refractivity (Wildman–Crippen MR) is 59.0 cm³/mol. The number of benzene rings is 1. The van der Waals surface area contributed by atoms with Crippen molar-refractivity contribution in [3.8, 4) is 0 Å². The van der Waals surface area contributed by atoms with Gasteiger partial charge in [-0.15, -0.1) is 0 Å². The number of nitrogens with one attached hydrogen (secondary N) is 1. The monoisotopic (exact) mass is 191 g/mol. The SMILES string of the molecule is CC(C)N(Cc1ccccc1)C(=N)N. The van der Waals surface area contributed by atoms with E-state index in [-0.39, 0.29) is 12.0 Å². The first kappa shape index (κ1) is 10.6. The van der Waals surface area contributed by atoms with E-state index in [2.05, 4.69) is 0 Å². The van der Waals surface area contributed by atoms with Gasteiger partial charge in [0.25, 0.3) is 0 Å². The van der Waals surface area contributed by atoms with Crippen molar-refractivity contribution in [2.24, 2.45) is 5.73 Å². The highest BCUT2D eigenvalue weighted by Crippen LogP contribution is 2.06. The van der Waals surface area contributed by atoms with Crippen LogP contribution in [0.2, 0.25) is 0 Å². The first-order valence-electron chi connectivity index (χ1n) is 4.76. The van der Waals surface area contributed by atoms with Gasteiger partial charge in [-0.2, -0.15) is 0 Å². The molecule has 3 N–H and O–H groups in total. The molecule has 1 rings (SSSR count). The van der Waals surface area contributed by atoms with Crippen LogP contribution in [0.5, 0.6) is 0 Å². The molecular weight excluding hydrogens is 174 g/mol. The fourth-order valence-corrected chi connectivity index (χ4v) is 1.33. The quantitative estimate of drug-likeness (QED) is 0.565. The average Bonchev–Trinajstić information content (AvgIpc) is 2.15. The van der Waals surface area contributed by atoms with Crippen molar-refractivity contribution in [3.63, 3.8) is 0 Å². The Labute approximate surface area is 85.0 Å². The van der Waals surface area contributed by atoms with E-state index in [4.69, 9.17) is 11.1 Å². The van der Waals surface area contributed by atoms with Crippen LogP contribution >= 0.6 is 0 Å². The summed E-state index contributed by atoms with van der Waals surface area (Å²) in [4.78, 5) is 1.86.